The first kappa shape index (κ1) is 8.36. The van der Waals surface area contributed by atoms with Crippen molar-refractivity contribution in [1.29, 1.82) is 0 Å². The largest absolute Gasteiger partial charge is 0.411 e. The molecule has 0 bridgehead atoms. The van der Waals surface area contributed by atoms with Crippen LogP contribution < -0.4 is 5.32 Å². The van der Waals surface area contributed by atoms with Gasteiger partial charge in [0.1, 0.15) is 5.82 Å². The fourth-order valence-electron chi connectivity index (χ4n) is 0.717. The molecular weight excluding hydrogens is 176 g/mol. The molecule has 0 aliphatic carbocycles. The third-order valence-electron chi connectivity index (χ3n) is 1.12. The summed E-state index contributed by atoms with van der Waals surface area (Å²) in [5, 5.41) is 2.78. The van der Waals surface area contributed by atoms with Crippen LogP contribution >= 0.6 is 12.2 Å². The second-order valence-electron chi connectivity index (χ2n) is 2.08. The number of aromatic nitrogens is 1. The van der Waals surface area contributed by atoms with Crippen LogP contribution in [0, 0.1) is 6.92 Å². The number of anilines is 1. The van der Waals surface area contributed by atoms with Crippen molar-refractivity contribution >= 4 is 35.0 Å². The van der Waals surface area contributed by atoms with Crippen LogP contribution in [0.4, 0.5) is 5.82 Å². The molecule has 11 heavy (non-hydrogen) atoms. The summed E-state index contributed by atoms with van der Waals surface area (Å²) in [4.78, 5) is 4.15. The second kappa shape index (κ2) is 3.59. The van der Waals surface area contributed by atoms with Crippen LogP contribution in [0.15, 0.2) is 18.2 Å². The van der Waals surface area contributed by atoms with Crippen LogP contribution in [0.1, 0.15) is 5.69 Å². The highest BCUT2D eigenvalue weighted by Gasteiger charge is 1.89. The van der Waals surface area contributed by atoms with Crippen molar-refractivity contribution in [3.63, 3.8) is 0 Å². The van der Waals surface area contributed by atoms with E-state index in [0.717, 1.165) is 5.69 Å². The first-order valence-electron chi connectivity index (χ1n) is 3.10. The van der Waals surface area contributed by atoms with Gasteiger partial charge in [-0.3, -0.25) is 0 Å². The molecule has 0 amide bonds. The molecule has 0 radical (unpaired) electrons. The SMILES string of the molecule is Cc1cccc(NC(=S)[S-])n1. The zero-order valence-corrected chi connectivity index (χ0v) is 7.63. The highest BCUT2D eigenvalue weighted by Crippen LogP contribution is 2.02. The van der Waals surface area contributed by atoms with Gasteiger partial charge in [-0.15, -0.1) is 0 Å². The molecular formula is C7H7N2S2-. The van der Waals surface area contributed by atoms with E-state index in [4.69, 9.17) is 0 Å². The fraction of sp³-hybridized carbons (Fsp3) is 0.143. The highest BCUT2D eigenvalue weighted by atomic mass is 32.1. The zero-order chi connectivity index (χ0) is 8.27. The number of aryl methyl sites for hydroxylation is 1. The molecule has 1 rings (SSSR count). The van der Waals surface area contributed by atoms with Crippen molar-refractivity contribution < 1.29 is 0 Å². The molecule has 0 fully saturated rings. The van der Waals surface area contributed by atoms with Crippen LogP contribution in [-0.2, 0) is 12.6 Å². The Hall–Kier alpha value is -0.740. The summed E-state index contributed by atoms with van der Waals surface area (Å²) in [5.74, 6) is 0.713. The van der Waals surface area contributed by atoms with Crippen LogP contribution in [0.3, 0.4) is 0 Å². The van der Waals surface area contributed by atoms with Crippen molar-refractivity contribution in [3.8, 4) is 0 Å². The lowest BCUT2D eigenvalue weighted by Gasteiger charge is -2.08. The highest BCUT2D eigenvalue weighted by molar-refractivity contribution is 8.00. The monoisotopic (exact) mass is 183 g/mol. The van der Waals surface area contributed by atoms with Crippen molar-refractivity contribution in [2.45, 2.75) is 6.92 Å². The lowest BCUT2D eigenvalue weighted by Crippen LogP contribution is -2.06. The van der Waals surface area contributed by atoms with E-state index in [0.29, 0.717) is 10.1 Å². The minimum absolute atomic E-state index is 0.322. The summed E-state index contributed by atoms with van der Waals surface area (Å²) < 4.78 is 0.322. The first-order valence-corrected chi connectivity index (χ1v) is 3.92. The number of pyridine rings is 1. The molecule has 0 saturated heterocycles. The molecule has 1 heterocycles. The Morgan fingerprint density at radius 3 is 2.91 bits per heavy atom. The van der Waals surface area contributed by atoms with Crippen LogP contribution in [0.5, 0.6) is 0 Å². The fourth-order valence-corrected chi connectivity index (χ4v) is 0.926. The molecule has 0 atom stereocenters. The van der Waals surface area contributed by atoms with Gasteiger partial charge in [-0.25, -0.2) is 4.98 Å². The standard InChI is InChI=1S/C7H8N2S2/c1-5-3-2-4-6(8-5)9-7(10)11/h2-4H,1H3,(H2,8,9,10,11)/p-1. The smallest absolute Gasteiger partial charge is 0.129 e. The van der Waals surface area contributed by atoms with Crippen molar-refractivity contribution in [1.82, 2.24) is 4.98 Å². The van der Waals surface area contributed by atoms with Gasteiger partial charge in [-0.1, -0.05) is 10.4 Å². The maximum absolute atomic E-state index is 4.68. The molecule has 0 aliphatic rings. The molecule has 2 nitrogen and oxygen atoms in total. The topological polar surface area (TPSA) is 24.9 Å². The number of thiocarbonyl (C=S) groups is 1. The number of nitrogens with one attached hydrogen (secondary N) is 1. The number of rotatable bonds is 1. The lowest BCUT2D eigenvalue weighted by molar-refractivity contribution is 1.21. The minimum Gasteiger partial charge on any atom is -0.411 e. The predicted molar refractivity (Wildman–Crippen MR) is 52.6 cm³/mol. The van der Waals surface area contributed by atoms with Gasteiger partial charge in [-0.05, 0) is 19.1 Å². The molecule has 0 unspecified atom stereocenters. The third-order valence-corrected chi connectivity index (χ3v) is 1.32. The van der Waals surface area contributed by atoms with Gasteiger partial charge in [-0.2, -0.15) is 0 Å². The van der Waals surface area contributed by atoms with Crippen LogP contribution in [-0.4, -0.2) is 9.30 Å². The van der Waals surface area contributed by atoms with Crippen LogP contribution in [0.25, 0.3) is 0 Å². The second-order valence-corrected chi connectivity index (χ2v) is 3.15. The Morgan fingerprint density at radius 2 is 2.36 bits per heavy atom. The van der Waals surface area contributed by atoms with Gasteiger partial charge in [0.15, 0.2) is 0 Å². The quantitative estimate of drug-likeness (QED) is 0.528. The Kier molecular flexibility index (Phi) is 2.73. The molecule has 0 saturated carbocycles. The van der Waals surface area contributed by atoms with E-state index in [1.165, 1.54) is 0 Å². The summed E-state index contributed by atoms with van der Waals surface area (Å²) in [6.07, 6.45) is 0. The lowest BCUT2D eigenvalue weighted by atomic mass is 10.4. The van der Waals surface area contributed by atoms with Gasteiger partial charge in [0.2, 0.25) is 0 Å². The van der Waals surface area contributed by atoms with E-state index in [-0.39, 0.29) is 0 Å². The minimum atomic E-state index is 0.322. The third kappa shape index (κ3) is 2.78. The van der Waals surface area contributed by atoms with Crippen molar-refractivity contribution in [3.05, 3.63) is 23.9 Å². The Morgan fingerprint density at radius 1 is 1.64 bits per heavy atom. The van der Waals surface area contributed by atoms with E-state index in [9.17, 15) is 0 Å². The van der Waals surface area contributed by atoms with Gasteiger partial charge in [0.25, 0.3) is 0 Å². The Bertz CT molecular complexity index is 273. The van der Waals surface area contributed by atoms with Gasteiger partial charge >= 0.3 is 0 Å². The van der Waals surface area contributed by atoms with Gasteiger partial charge in [0, 0.05) is 5.69 Å². The van der Waals surface area contributed by atoms with E-state index in [2.05, 4.69) is 35.1 Å². The summed E-state index contributed by atoms with van der Waals surface area (Å²) in [6.45, 7) is 1.91. The molecule has 1 aromatic rings. The summed E-state index contributed by atoms with van der Waals surface area (Å²) >= 11 is 9.37. The van der Waals surface area contributed by atoms with Crippen molar-refractivity contribution in [2.24, 2.45) is 0 Å². The Labute approximate surface area is 76.4 Å². The molecule has 0 aromatic carbocycles. The van der Waals surface area contributed by atoms with E-state index < -0.39 is 0 Å². The Balaban J connectivity index is 2.79. The summed E-state index contributed by atoms with van der Waals surface area (Å²) in [5.41, 5.74) is 0.946. The zero-order valence-electron chi connectivity index (χ0n) is 6.00. The number of hydrogen-bond acceptors (Lipinski definition) is 3. The van der Waals surface area contributed by atoms with E-state index in [1.54, 1.807) is 0 Å². The molecule has 1 aromatic heterocycles. The summed E-state index contributed by atoms with van der Waals surface area (Å²) in [7, 11) is 0. The van der Waals surface area contributed by atoms with Crippen molar-refractivity contribution in [2.75, 3.05) is 5.32 Å². The number of hydrogen-bond donors (Lipinski definition) is 1. The van der Waals surface area contributed by atoms with E-state index >= 15 is 0 Å². The average molecular weight is 183 g/mol. The van der Waals surface area contributed by atoms with Gasteiger partial charge < -0.3 is 30.2 Å². The molecule has 1 N–H and O–H groups in total. The van der Waals surface area contributed by atoms with Gasteiger partial charge in [0.05, 0.1) is 0 Å². The molecule has 4 heteroatoms. The van der Waals surface area contributed by atoms with Crippen LogP contribution in [0.2, 0.25) is 0 Å². The average Bonchev–Trinajstić information content (AvgIpc) is 1.85. The normalized spacial score (nSPS) is 9.18. The maximum Gasteiger partial charge on any atom is 0.129 e. The summed E-state index contributed by atoms with van der Waals surface area (Å²) in [6, 6.07) is 5.64. The number of nitrogens with zero attached hydrogens (tertiary/aromatic N) is 1. The maximum atomic E-state index is 4.68. The molecule has 58 valence electrons. The molecule has 0 spiro atoms. The first-order chi connectivity index (χ1) is 5.18. The molecule has 0 aliphatic heterocycles. The predicted octanol–water partition coefficient (Wildman–Crippen LogP) is 1.63. The van der Waals surface area contributed by atoms with E-state index in [1.807, 2.05) is 25.1 Å².